The summed E-state index contributed by atoms with van der Waals surface area (Å²) < 4.78 is 12.9. The Balaban J connectivity index is 1.19. The zero-order valence-electron chi connectivity index (χ0n) is 16.4. The van der Waals surface area contributed by atoms with Gasteiger partial charge >= 0.3 is 0 Å². The van der Waals surface area contributed by atoms with Crippen LogP contribution in [-0.4, -0.2) is 49.4 Å². The van der Waals surface area contributed by atoms with Gasteiger partial charge in [-0.1, -0.05) is 30.3 Å². The zero-order valence-corrected chi connectivity index (χ0v) is 16.4. The van der Waals surface area contributed by atoms with Crippen molar-refractivity contribution in [2.24, 2.45) is 11.8 Å². The van der Waals surface area contributed by atoms with E-state index in [2.05, 4.69) is 22.3 Å². The van der Waals surface area contributed by atoms with Gasteiger partial charge in [0.1, 0.15) is 5.82 Å². The van der Waals surface area contributed by atoms with Gasteiger partial charge in [0.05, 0.1) is 11.8 Å². The Hall–Kier alpha value is -2.89. The highest BCUT2D eigenvalue weighted by Gasteiger charge is 2.49. The predicted molar refractivity (Wildman–Crippen MR) is 110 cm³/mol. The largest absolute Gasteiger partial charge is 0.368 e. The smallest absolute Gasteiger partial charge is 0.226 e. The first-order valence-electron chi connectivity index (χ1n) is 10.2. The van der Waals surface area contributed by atoms with Crippen molar-refractivity contribution in [3.63, 3.8) is 0 Å². The maximum absolute atomic E-state index is 12.9. The van der Waals surface area contributed by atoms with Gasteiger partial charge < -0.3 is 15.1 Å². The fraction of sp³-hybridized carbons (Fsp3) is 0.391. The normalized spacial score (nSPS) is 21.0. The summed E-state index contributed by atoms with van der Waals surface area (Å²) in [4.78, 5) is 29.3. The average Bonchev–Trinajstić information content (AvgIpc) is 3.56. The van der Waals surface area contributed by atoms with Crippen LogP contribution in [0.15, 0.2) is 54.6 Å². The third-order valence-corrected chi connectivity index (χ3v) is 5.78. The summed E-state index contributed by atoms with van der Waals surface area (Å²) in [6, 6.07) is 16.5. The molecule has 2 aromatic carbocycles. The molecule has 29 heavy (non-hydrogen) atoms. The standard InChI is InChI=1S/C23H26FN3O2/c24-18-8-6-17(7-9-18)10-11-25-22(28)20-16-21(20)23(29)27-14-12-26(13-15-27)19-4-2-1-3-5-19/h1-9,20-21H,10-16H2,(H,25,28). The second-order valence-electron chi connectivity index (χ2n) is 7.76. The number of piperazine rings is 1. The number of para-hydroxylation sites is 1. The van der Waals surface area contributed by atoms with Gasteiger partial charge in [0.15, 0.2) is 0 Å². The summed E-state index contributed by atoms with van der Waals surface area (Å²) in [5, 5.41) is 2.91. The molecule has 1 heterocycles. The monoisotopic (exact) mass is 395 g/mol. The number of halogens is 1. The summed E-state index contributed by atoms with van der Waals surface area (Å²) in [6.07, 6.45) is 1.29. The van der Waals surface area contributed by atoms with Gasteiger partial charge in [0.2, 0.25) is 11.8 Å². The molecule has 2 aliphatic rings. The molecule has 5 nitrogen and oxygen atoms in total. The number of carbonyl (C=O) groups is 2. The zero-order chi connectivity index (χ0) is 20.2. The fourth-order valence-electron chi connectivity index (χ4n) is 3.93. The number of hydrogen-bond acceptors (Lipinski definition) is 3. The van der Waals surface area contributed by atoms with Crippen molar-refractivity contribution < 1.29 is 14.0 Å². The lowest BCUT2D eigenvalue weighted by molar-refractivity contribution is -0.135. The Bertz CT molecular complexity index is 848. The molecule has 0 bridgehead atoms. The molecular weight excluding hydrogens is 369 g/mol. The van der Waals surface area contributed by atoms with E-state index in [0.29, 0.717) is 32.5 Å². The topological polar surface area (TPSA) is 52.7 Å². The van der Waals surface area contributed by atoms with Gasteiger partial charge in [0.25, 0.3) is 0 Å². The Morgan fingerprint density at radius 2 is 1.62 bits per heavy atom. The van der Waals surface area contributed by atoms with E-state index < -0.39 is 0 Å². The molecule has 0 aromatic heterocycles. The van der Waals surface area contributed by atoms with Crippen molar-refractivity contribution >= 4 is 17.5 Å². The molecule has 2 amide bonds. The molecule has 2 unspecified atom stereocenters. The van der Waals surface area contributed by atoms with Crippen molar-refractivity contribution in [2.75, 3.05) is 37.6 Å². The van der Waals surface area contributed by atoms with Crippen LogP contribution in [0.3, 0.4) is 0 Å². The van der Waals surface area contributed by atoms with E-state index in [4.69, 9.17) is 0 Å². The van der Waals surface area contributed by atoms with Crippen molar-refractivity contribution in [1.82, 2.24) is 10.2 Å². The van der Waals surface area contributed by atoms with Gasteiger partial charge in [-0.3, -0.25) is 9.59 Å². The van der Waals surface area contributed by atoms with Crippen LogP contribution >= 0.6 is 0 Å². The van der Waals surface area contributed by atoms with E-state index in [9.17, 15) is 14.0 Å². The van der Waals surface area contributed by atoms with Crippen LogP contribution < -0.4 is 10.2 Å². The maximum Gasteiger partial charge on any atom is 0.226 e. The fourth-order valence-corrected chi connectivity index (χ4v) is 3.93. The summed E-state index contributed by atoms with van der Waals surface area (Å²) in [6.45, 7) is 3.53. The van der Waals surface area contributed by atoms with Crippen molar-refractivity contribution in [3.05, 3.63) is 66.0 Å². The third-order valence-electron chi connectivity index (χ3n) is 5.78. The first kappa shape index (κ1) is 19.4. The summed E-state index contributed by atoms with van der Waals surface area (Å²) >= 11 is 0. The Morgan fingerprint density at radius 1 is 0.931 bits per heavy atom. The maximum atomic E-state index is 12.9. The molecule has 4 rings (SSSR count). The van der Waals surface area contributed by atoms with E-state index in [1.165, 1.54) is 17.8 Å². The third kappa shape index (κ3) is 4.75. The van der Waals surface area contributed by atoms with Crippen molar-refractivity contribution in [3.8, 4) is 0 Å². The van der Waals surface area contributed by atoms with Crippen LogP contribution in [0.25, 0.3) is 0 Å². The Labute approximate surface area is 170 Å². The number of benzene rings is 2. The van der Waals surface area contributed by atoms with Crippen molar-refractivity contribution in [2.45, 2.75) is 12.8 Å². The highest BCUT2D eigenvalue weighted by atomic mass is 19.1. The van der Waals surface area contributed by atoms with E-state index in [-0.39, 0.29) is 29.5 Å². The second-order valence-corrected chi connectivity index (χ2v) is 7.76. The highest BCUT2D eigenvalue weighted by molar-refractivity contribution is 5.92. The lowest BCUT2D eigenvalue weighted by atomic mass is 10.1. The van der Waals surface area contributed by atoms with E-state index in [0.717, 1.165) is 18.7 Å². The van der Waals surface area contributed by atoms with Gasteiger partial charge in [0, 0.05) is 38.4 Å². The minimum Gasteiger partial charge on any atom is -0.368 e. The van der Waals surface area contributed by atoms with Crippen LogP contribution in [-0.2, 0) is 16.0 Å². The van der Waals surface area contributed by atoms with Gasteiger partial charge in [-0.2, -0.15) is 0 Å². The summed E-state index contributed by atoms with van der Waals surface area (Å²) in [7, 11) is 0. The van der Waals surface area contributed by atoms with Crippen molar-refractivity contribution in [1.29, 1.82) is 0 Å². The lowest BCUT2D eigenvalue weighted by Crippen LogP contribution is -2.49. The number of anilines is 1. The first-order chi connectivity index (χ1) is 14.1. The van der Waals surface area contributed by atoms with Gasteiger partial charge in [-0.15, -0.1) is 0 Å². The number of rotatable bonds is 6. The predicted octanol–water partition coefficient (Wildman–Crippen LogP) is 2.47. The quantitative estimate of drug-likeness (QED) is 0.818. The molecular formula is C23H26FN3O2. The molecule has 152 valence electrons. The molecule has 2 fully saturated rings. The molecule has 0 radical (unpaired) electrons. The van der Waals surface area contributed by atoms with E-state index >= 15 is 0 Å². The number of amides is 2. The van der Waals surface area contributed by atoms with Crippen LogP contribution in [0.5, 0.6) is 0 Å². The molecule has 1 aliphatic carbocycles. The van der Waals surface area contributed by atoms with Gasteiger partial charge in [-0.05, 0) is 42.7 Å². The van der Waals surface area contributed by atoms with E-state index in [1.807, 2.05) is 23.1 Å². The second kappa shape index (κ2) is 8.64. The highest BCUT2D eigenvalue weighted by Crippen LogP contribution is 2.40. The molecule has 2 atom stereocenters. The van der Waals surface area contributed by atoms with Crippen LogP contribution in [0.4, 0.5) is 10.1 Å². The SMILES string of the molecule is O=C(NCCc1ccc(F)cc1)C1CC1C(=O)N1CCN(c2ccccc2)CC1. The number of nitrogens with zero attached hydrogens (tertiary/aromatic N) is 2. The van der Waals surface area contributed by atoms with Crippen LogP contribution in [0.2, 0.25) is 0 Å². The number of carbonyl (C=O) groups excluding carboxylic acids is 2. The number of hydrogen-bond donors (Lipinski definition) is 1. The summed E-state index contributed by atoms with van der Waals surface area (Å²) in [5.41, 5.74) is 2.16. The summed E-state index contributed by atoms with van der Waals surface area (Å²) in [5.74, 6) is -0.585. The van der Waals surface area contributed by atoms with Crippen LogP contribution in [0, 0.1) is 17.7 Å². The lowest BCUT2D eigenvalue weighted by Gasteiger charge is -2.36. The van der Waals surface area contributed by atoms with Gasteiger partial charge in [-0.25, -0.2) is 4.39 Å². The minimum atomic E-state index is -0.262. The molecule has 2 aromatic rings. The number of nitrogens with one attached hydrogen (secondary N) is 1. The Morgan fingerprint density at radius 3 is 2.31 bits per heavy atom. The van der Waals surface area contributed by atoms with Crippen LogP contribution in [0.1, 0.15) is 12.0 Å². The first-order valence-corrected chi connectivity index (χ1v) is 10.2. The molecule has 6 heteroatoms. The minimum absolute atomic E-state index is 0.0478. The van der Waals surface area contributed by atoms with E-state index in [1.54, 1.807) is 12.1 Å². The molecule has 1 N–H and O–H groups in total. The molecule has 1 saturated heterocycles. The molecule has 1 aliphatic heterocycles. The molecule has 1 saturated carbocycles. The molecule has 0 spiro atoms. The average molecular weight is 395 g/mol. The Kier molecular flexibility index (Phi) is 5.79.